The molecule has 11 aromatic rings. The maximum absolute atomic E-state index is 6.95. The van der Waals surface area contributed by atoms with Crippen LogP contribution in [-0.4, -0.2) is 9.13 Å². The highest BCUT2D eigenvalue weighted by atomic mass is 16.5. The number of nitrogens with zero attached hydrogens (tertiary/aromatic N) is 2. The van der Waals surface area contributed by atoms with Gasteiger partial charge >= 0.3 is 0 Å². The average Bonchev–Trinajstić information content (AvgIpc) is 3.88. The highest BCUT2D eigenvalue weighted by Gasteiger charge is 2.36. The Morgan fingerprint density at radius 2 is 0.982 bits per heavy atom. The van der Waals surface area contributed by atoms with Crippen molar-refractivity contribution in [3.63, 3.8) is 0 Å². The Balaban J connectivity index is 1.01. The van der Waals surface area contributed by atoms with Gasteiger partial charge in [-0.15, -0.1) is 0 Å². The lowest BCUT2D eigenvalue weighted by atomic mass is 9.75. The van der Waals surface area contributed by atoms with Gasteiger partial charge in [-0.05, 0) is 77.9 Å². The zero-order valence-corrected chi connectivity index (χ0v) is 30.4. The van der Waals surface area contributed by atoms with Gasteiger partial charge in [0.2, 0.25) is 0 Å². The van der Waals surface area contributed by atoms with E-state index in [1.165, 1.54) is 60.5 Å². The van der Waals surface area contributed by atoms with Crippen molar-refractivity contribution >= 4 is 65.6 Å². The number of para-hydroxylation sites is 4. The van der Waals surface area contributed by atoms with Gasteiger partial charge in [0.1, 0.15) is 22.7 Å². The third-order valence-corrected chi connectivity index (χ3v) is 12.0. The van der Waals surface area contributed by atoms with E-state index in [4.69, 9.17) is 9.15 Å². The number of hydrogen-bond donors (Lipinski definition) is 0. The minimum absolute atomic E-state index is 0.266. The van der Waals surface area contributed by atoms with E-state index in [1.807, 2.05) is 12.1 Å². The Hall–Kier alpha value is -7.04. The molecule has 0 atom stereocenters. The number of rotatable bonds is 3. The molecule has 0 N–H and O–H groups in total. The molecule has 0 saturated carbocycles. The van der Waals surface area contributed by atoms with Gasteiger partial charge in [0.15, 0.2) is 0 Å². The van der Waals surface area contributed by atoms with Gasteiger partial charge in [-0.3, -0.25) is 0 Å². The Morgan fingerprint density at radius 3 is 1.67 bits per heavy atom. The highest BCUT2D eigenvalue weighted by molar-refractivity contribution is 6.13. The molecule has 4 heterocycles. The van der Waals surface area contributed by atoms with Gasteiger partial charge in [-0.25, -0.2) is 0 Å². The largest absolute Gasteiger partial charge is 0.456 e. The molecule has 55 heavy (non-hydrogen) atoms. The van der Waals surface area contributed by atoms with Crippen molar-refractivity contribution in [3.8, 4) is 34.0 Å². The summed E-state index contributed by atoms with van der Waals surface area (Å²) in [6, 6.07) is 61.1. The van der Waals surface area contributed by atoms with Crippen molar-refractivity contribution in [2.45, 2.75) is 19.3 Å². The lowest BCUT2D eigenvalue weighted by molar-refractivity contribution is 0.422. The minimum Gasteiger partial charge on any atom is -0.456 e. The summed E-state index contributed by atoms with van der Waals surface area (Å²) in [6.45, 7) is 4.58. The van der Waals surface area contributed by atoms with Crippen LogP contribution < -0.4 is 4.74 Å². The molecule has 1 aliphatic rings. The van der Waals surface area contributed by atoms with Crippen LogP contribution in [0.25, 0.3) is 88.1 Å². The molecule has 4 heteroatoms. The van der Waals surface area contributed by atoms with Crippen LogP contribution in [-0.2, 0) is 5.41 Å². The summed E-state index contributed by atoms with van der Waals surface area (Å²) in [4.78, 5) is 0. The maximum atomic E-state index is 6.95. The molecular formula is C51H34N2O2. The molecule has 0 aliphatic carbocycles. The predicted molar refractivity (Wildman–Crippen MR) is 226 cm³/mol. The second-order valence-corrected chi connectivity index (χ2v) is 15.3. The molecule has 0 radical (unpaired) electrons. The molecule has 260 valence electrons. The Kier molecular flexibility index (Phi) is 6.09. The summed E-state index contributed by atoms with van der Waals surface area (Å²) in [5.74, 6) is 1.76. The van der Waals surface area contributed by atoms with E-state index in [0.29, 0.717) is 0 Å². The quantitative estimate of drug-likeness (QED) is 0.183. The van der Waals surface area contributed by atoms with E-state index < -0.39 is 0 Å². The number of benzene rings is 8. The van der Waals surface area contributed by atoms with Gasteiger partial charge in [0.25, 0.3) is 0 Å². The molecule has 1 aliphatic heterocycles. The van der Waals surface area contributed by atoms with E-state index in [9.17, 15) is 0 Å². The fourth-order valence-electron chi connectivity index (χ4n) is 9.33. The van der Waals surface area contributed by atoms with E-state index in [1.54, 1.807) is 0 Å². The molecule has 0 bridgehead atoms. The third kappa shape index (κ3) is 4.22. The first kappa shape index (κ1) is 30.4. The number of hydrogen-bond acceptors (Lipinski definition) is 2. The van der Waals surface area contributed by atoms with E-state index >= 15 is 0 Å². The zero-order chi connectivity index (χ0) is 36.4. The van der Waals surface area contributed by atoms with Crippen LogP contribution in [0.5, 0.6) is 11.5 Å². The Morgan fingerprint density at radius 1 is 0.418 bits per heavy atom. The first-order chi connectivity index (χ1) is 27.0. The number of aromatic nitrogens is 2. The summed E-state index contributed by atoms with van der Waals surface area (Å²) in [5, 5.41) is 7.04. The second kappa shape index (κ2) is 11.0. The van der Waals surface area contributed by atoms with Crippen molar-refractivity contribution < 1.29 is 9.15 Å². The van der Waals surface area contributed by atoms with Crippen LogP contribution in [0.3, 0.4) is 0 Å². The van der Waals surface area contributed by atoms with E-state index in [2.05, 4.69) is 181 Å². The molecule has 0 unspecified atom stereocenters. The monoisotopic (exact) mass is 706 g/mol. The Labute approximate surface area is 317 Å². The van der Waals surface area contributed by atoms with Gasteiger partial charge < -0.3 is 18.3 Å². The molecule has 0 fully saturated rings. The summed E-state index contributed by atoms with van der Waals surface area (Å²) < 4.78 is 18.0. The normalized spacial score (nSPS) is 13.6. The first-order valence-corrected chi connectivity index (χ1v) is 18.9. The fraction of sp³-hybridized carbons (Fsp3) is 0.0588. The Bertz CT molecular complexity index is 3380. The van der Waals surface area contributed by atoms with E-state index in [-0.39, 0.29) is 5.41 Å². The van der Waals surface area contributed by atoms with Crippen LogP contribution >= 0.6 is 0 Å². The lowest BCUT2D eigenvalue weighted by Crippen LogP contribution is -2.24. The first-order valence-electron chi connectivity index (χ1n) is 18.9. The third-order valence-electron chi connectivity index (χ3n) is 12.0. The number of ether oxygens (including phenoxy) is 1. The summed E-state index contributed by atoms with van der Waals surface area (Å²) >= 11 is 0. The standard InChI is InChI=1S/C51H34N2O2/c1-51(2)40-23-22-34(30-48(40)55-50-41(51)24-27-47-49(50)37-16-8-11-19-46(37)54-47)53-43-18-10-7-15-36(43)39-29-32(21-26-45(39)53)31-20-25-44-38(28-31)35-14-6-9-17-42(35)52(44)33-12-4-3-5-13-33/h3-30H,1-2H3. The predicted octanol–water partition coefficient (Wildman–Crippen LogP) is 13.9. The van der Waals surface area contributed by atoms with Gasteiger partial charge in [-0.1, -0.05) is 111 Å². The van der Waals surface area contributed by atoms with Crippen LogP contribution in [0.4, 0.5) is 0 Å². The summed E-state index contributed by atoms with van der Waals surface area (Å²) in [6.07, 6.45) is 0. The van der Waals surface area contributed by atoms with Crippen LogP contribution in [0, 0.1) is 0 Å². The molecule has 3 aromatic heterocycles. The molecule has 0 spiro atoms. The van der Waals surface area contributed by atoms with E-state index in [0.717, 1.165) is 50.2 Å². The summed E-state index contributed by atoms with van der Waals surface area (Å²) in [7, 11) is 0. The molecule has 0 amide bonds. The van der Waals surface area contributed by atoms with Crippen molar-refractivity contribution in [2.75, 3.05) is 0 Å². The SMILES string of the molecule is CC1(C)c2ccc(-n3c4ccccc4c4cc(-c5ccc6c(c5)c5ccccc5n6-c5ccccc5)ccc43)cc2Oc2c1ccc1oc3ccccc3c21. The van der Waals surface area contributed by atoms with Crippen LogP contribution in [0.15, 0.2) is 174 Å². The smallest absolute Gasteiger partial charge is 0.143 e. The summed E-state index contributed by atoms with van der Waals surface area (Å²) in [5.41, 5.74) is 13.1. The number of fused-ring (bicyclic) bond motifs is 12. The number of furan rings is 1. The van der Waals surface area contributed by atoms with Gasteiger partial charge in [0.05, 0.1) is 27.5 Å². The van der Waals surface area contributed by atoms with Crippen LogP contribution in [0.1, 0.15) is 25.0 Å². The van der Waals surface area contributed by atoms with Gasteiger partial charge in [0, 0.05) is 60.9 Å². The van der Waals surface area contributed by atoms with Crippen molar-refractivity contribution in [1.29, 1.82) is 0 Å². The van der Waals surface area contributed by atoms with Gasteiger partial charge in [-0.2, -0.15) is 0 Å². The minimum atomic E-state index is -0.266. The van der Waals surface area contributed by atoms with Crippen molar-refractivity contribution in [1.82, 2.24) is 9.13 Å². The molecular weight excluding hydrogens is 673 g/mol. The fourth-order valence-corrected chi connectivity index (χ4v) is 9.33. The molecule has 8 aromatic carbocycles. The zero-order valence-electron chi connectivity index (χ0n) is 30.4. The van der Waals surface area contributed by atoms with Crippen LogP contribution in [0.2, 0.25) is 0 Å². The molecule has 12 rings (SSSR count). The van der Waals surface area contributed by atoms with Crippen molar-refractivity contribution in [2.24, 2.45) is 0 Å². The highest BCUT2D eigenvalue weighted by Crippen LogP contribution is 2.53. The second-order valence-electron chi connectivity index (χ2n) is 15.3. The maximum Gasteiger partial charge on any atom is 0.143 e. The lowest BCUT2D eigenvalue weighted by Gasteiger charge is -2.35. The topological polar surface area (TPSA) is 32.2 Å². The molecule has 0 saturated heterocycles. The molecule has 4 nitrogen and oxygen atoms in total. The van der Waals surface area contributed by atoms with Crippen molar-refractivity contribution in [3.05, 3.63) is 181 Å². The average molecular weight is 707 g/mol.